The van der Waals surface area contributed by atoms with Crippen LogP contribution in [0.5, 0.6) is 0 Å². The van der Waals surface area contributed by atoms with Crippen molar-refractivity contribution in [2.24, 2.45) is 0 Å². The first-order valence-electron chi connectivity index (χ1n) is 7.22. The van der Waals surface area contributed by atoms with E-state index in [-0.39, 0.29) is 0 Å². The van der Waals surface area contributed by atoms with Gasteiger partial charge in [0.05, 0.1) is 11.4 Å². The molecule has 1 aromatic carbocycles. The summed E-state index contributed by atoms with van der Waals surface area (Å²) in [6.45, 7) is 7.03. The monoisotopic (exact) mass is 311 g/mol. The molecule has 0 spiro atoms. The quantitative estimate of drug-likeness (QED) is 0.535. The number of aromatic nitrogens is 3. The van der Waals surface area contributed by atoms with E-state index in [0.717, 1.165) is 5.69 Å². The number of pyridine rings is 1. The zero-order chi connectivity index (χ0) is 15.7. The minimum atomic E-state index is 0.650. The third-order valence-corrected chi connectivity index (χ3v) is 3.85. The van der Waals surface area contributed by atoms with Crippen LogP contribution in [-0.4, -0.2) is 9.55 Å². The van der Waals surface area contributed by atoms with Crippen LogP contribution in [-0.2, 0) is 6.54 Å². The molecular weight excluding hydrogens is 294 g/mol. The van der Waals surface area contributed by atoms with Gasteiger partial charge in [-0.05, 0) is 44.0 Å². The molecule has 0 saturated carbocycles. The highest BCUT2D eigenvalue weighted by Crippen LogP contribution is 2.20. The lowest BCUT2D eigenvalue weighted by atomic mass is 10.1. The van der Waals surface area contributed by atoms with Crippen LogP contribution in [0.2, 0.25) is 5.02 Å². The summed E-state index contributed by atoms with van der Waals surface area (Å²) in [5.74, 6) is 0. The van der Waals surface area contributed by atoms with Crippen molar-refractivity contribution in [2.45, 2.75) is 27.3 Å². The molecule has 22 heavy (non-hydrogen) atoms. The third-order valence-electron chi connectivity index (χ3n) is 3.62. The van der Waals surface area contributed by atoms with Crippen molar-refractivity contribution in [1.29, 1.82) is 0 Å². The number of nitrogens with zero attached hydrogens (tertiary/aromatic N) is 3. The maximum Gasteiger partial charge on any atom is 0.243 e. The number of rotatable bonds is 3. The second kappa shape index (κ2) is 5.93. The van der Waals surface area contributed by atoms with Crippen molar-refractivity contribution in [2.75, 3.05) is 0 Å². The lowest BCUT2D eigenvalue weighted by Crippen LogP contribution is -2.32. The van der Waals surface area contributed by atoms with Gasteiger partial charge in [-0.2, -0.15) is 0 Å². The molecule has 2 aromatic heterocycles. The van der Waals surface area contributed by atoms with Gasteiger partial charge < -0.3 is 9.13 Å². The fourth-order valence-electron chi connectivity index (χ4n) is 2.83. The minimum absolute atomic E-state index is 0.650. The molecule has 0 N–H and O–H groups in total. The molecule has 0 amide bonds. The molecule has 2 heterocycles. The summed E-state index contributed by atoms with van der Waals surface area (Å²) < 4.78 is 4.02. The molecule has 0 aliphatic carbocycles. The summed E-state index contributed by atoms with van der Waals surface area (Å²) in [6.07, 6.45) is 9.10. The summed E-state index contributed by atoms with van der Waals surface area (Å²) in [6, 6.07) is 8.05. The SMILES string of the molecule is Cc1cc(C)c(-n2[c-][n+](Cc3cc(Cl)ccn3)cc2)c(C)c1. The van der Waals surface area contributed by atoms with Crippen LogP contribution in [0.1, 0.15) is 22.4 Å². The van der Waals surface area contributed by atoms with E-state index in [9.17, 15) is 0 Å². The van der Waals surface area contributed by atoms with Gasteiger partial charge in [-0.1, -0.05) is 29.3 Å². The number of aryl methyl sites for hydroxylation is 3. The van der Waals surface area contributed by atoms with Crippen LogP contribution in [0.4, 0.5) is 0 Å². The summed E-state index contributed by atoms with van der Waals surface area (Å²) in [4.78, 5) is 4.33. The van der Waals surface area contributed by atoms with E-state index in [1.165, 1.54) is 22.4 Å². The Balaban J connectivity index is 1.91. The Morgan fingerprint density at radius 2 is 1.91 bits per heavy atom. The highest BCUT2D eigenvalue weighted by Gasteiger charge is 2.07. The van der Waals surface area contributed by atoms with Crippen molar-refractivity contribution < 1.29 is 4.57 Å². The number of benzene rings is 1. The lowest BCUT2D eigenvalue weighted by molar-refractivity contribution is -0.692. The highest BCUT2D eigenvalue weighted by atomic mass is 35.5. The van der Waals surface area contributed by atoms with Gasteiger partial charge in [0.2, 0.25) is 6.33 Å². The summed E-state index contributed by atoms with van der Waals surface area (Å²) in [5.41, 5.74) is 5.88. The molecule has 3 rings (SSSR count). The van der Waals surface area contributed by atoms with Gasteiger partial charge in [-0.15, -0.1) is 0 Å². The van der Waals surface area contributed by atoms with E-state index >= 15 is 0 Å². The van der Waals surface area contributed by atoms with Gasteiger partial charge in [-0.3, -0.25) is 4.98 Å². The summed E-state index contributed by atoms with van der Waals surface area (Å²) in [5, 5.41) is 0.704. The molecule has 0 aliphatic heterocycles. The number of hydrogen-bond acceptors (Lipinski definition) is 1. The second-order valence-corrected chi connectivity index (χ2v) is 6.05. The average molecular weight is 312 g/mol. The fraction of sp³-hybridized carbons (Fsp3) is 0.222. The minimum Gasteiger partial charge on any atom is -0.326 e. The molecule has 112 valence electrons. The standard InChI is InChI=1S/C18H18ClN3/c1-13-8-14(2)18(15(3)9-13)22-7-6-21(12-22)11-17-10-16(19)4-5-20-17/h4-10H,11H2,1-3H3. The molecule has 0 fully saturated rings. The summed E-state index contributed by atoms with van der Waals surface area (Å²) in [7, 11) is 0. The molecule has 4 heteroatoms. The molecule has 0 radical (unpaired) electrons. The number of halogens is 1. The van der Waals surface area contributed by atoms with Gasteiger partial charge in [0.25, 0.3) is 0 Å². The molecule has 3 aromatic rings. The molecular formula is C18H18ClN3. The Morgan fingerprint density at radius 1 is 1.18 bits per heavy atom. The van der Waals surface area contributed by atoms with Crippen molar-refractivity contribution in [3.05, 3.63) is 76.6 Å². The largest absolute Gasteiger partial charge is 0.326 e. The van der Waals surface area contributed by atoms with Crippen LogP contribution in [0.25, 0.3) is 5.69 Å². The molecule has 0 unspecified atom stereocenters. The molecule has 3 nitrogen and oxygen atoms in total. The number of hydrogen-bond donors (Lipinski definition) is 0. The zero-order valence-corrected chi connectivity index (χ0v) is 13.7. The first-order valence-corrected chi connectivity index (χ1v) is 7.59. The van der Waals surface area contributed by atoms with Gasteiger partial charge in [0, 0.05) is 23.6 Å². The lowest BCUT2D eigenvalue weighted by Gasteiger charge is -2.12. The van der Waals surface area contributed by atoms with E-state index < -0.39 is 0 Å². The Morgan fingerprint density at radius 3 is 2.59 bits per heavy atom. The van der Waals surface area contributed by atoms with Crippen molar-refractivity contribution >= 4 is 11.6 Å². The van der Waals surface area contributed by atoms with Crippen LogP contribution in [0.3, 0.4) is 0 Å². The predicted molar refractivity (Wildman–Crippen MR) is 87.4 cm³/mol. The Bertz CT molecular complexity index is 798. The van der Waals surface area contributed by atoms with E-state index in [1.807, 2.05) is 27.6 Å². The van der Waals surface area contributed by atoms with Crippen molar-refractivity contribution in [3.8, 4) is 5.69 Å². The van der Waals surface area contributed by atoms with Crippen LogP contribution >= 0.6 is 11.6 Å². The van der Waals surface area contributed by atoms with Gasteiger partial charge in [0.1, 0.15) is 6.54 Å². The fourth-order valence-corrected chi connectivity index (χ4v) is 3.01. The van der Waals surface area contributed by atoms with E-state index in [4.69, 9.17) is 11.6 Å². The third kappa shape index (κ3) is 3.04. The molecule has 0 atom stereocenters. The van der Waals surface area contributed by atoms with Crippen LogP contribution < -0.4 is 4.57 Å². The zero-order valence-electron chi connectivity index (χ0n) is 13.0. The van der Waals surface area contributed by atoms with Crippen molar-refractivity contribution in [3.63, 3.8) is 0 Å². The van der Waals surface area contributed by atoms with Crippen LogP contribution in [0.15, 0.2) is 42.9 Å². The first kappa shape index (κ1) is 14.8. The van der Waals surface area contributed by atoms with E-state index in [0.29, 0.717) is 11.6 Å². The maximum atomic E-state index is 6.00. The topological polar surface area (TPSA) is 21.7 Å². The Labute approximate surface area is 135 Å². The van der Waals surface area contributed by atoms with Crippen molar-refractivity contribution in [1.82, 2.24) is 9.55 Å². The highest BCUT2D eigenvalue weighted by molar-refractivity contribution is 6.30. The van der Waals surface area contributed by atoms with Gasteiger partial charge in [0.15, 0.2) is 0 Å². The molecule has 0 saturated heterocycles. The molecule has 0 aliphatic rings. The Kier molecular flexibility index (Phi) is 3.99. The first-order chi connectivity index (χ1) is 10.5. The average Bonchev–Trinajstić information content (AvgIpc) is 2.85. The normalized spacial score (nSPS) is 10.9. The maximum absolute atomic E-state index is 6.00. The number of imidazole rings is 1. The van der Waals surface area contributed by atoms with E-state index in [1.54, 1.807) is 12.3 Å². The Hall–Kier alpha value is -2.13. The smallest absolute Gasteiger partial charge is 0.243 e. The van der Waals surface area contributed by atoms with Crippen LogP contribution in [0, 0.1) is 27.1 Å². The second-order valence-electron chi connectivity index (χ2n) is 5.61. The molecule has 0 bridgehead atoms. The van der Waals surface area contributed by atoms with Gasteiger partial charge >= 0.3 is 0 Å². The predicted octanol–water partition coefficient (Wildman–Crippen LogP) is 3.59. The summed E-state index contributed by atoms with van der Waals surface area (Å²) >= 11 is 6.00. The van der Waals surface area contributed by atoms with E-state index in [2.05, 4.69) is 44.2 Å². The van der Waals surface area contributed by atoms with Gasteiger partial charge in [-0.25, -0.2) is 0 Å².